The van der Waals surface area contributed by atoms with E-state index < -0.39 is 10.0 Å². The van der Waals surface area contributed by atoms with Crippen LogP contribution in [0, 0.1) is 0 Å². The molecule has 1 atom stereocenters. The molecule has 3 rings (SSSR count). The van der Waals surface area contributed by atoms with Gasteiger partial charge in [-0.2, -0.15) is 4.31 Å². The molecule has 1 aliphatic rings. The van der Waals surface area contributed by atoms with Gasteiger partial charge in [-0.15, -0.1) is 0 Å². The number of hydrogen-bond donors (Lipinski definition) is 0. The van der Waals surface area contributed by atoms with Gasteiger partial charge in [-0.25, -0.2) is 8.42 Å². The van der Waals surface area contributed by atoms with E-state index in [0.717, 1.165) is 5.56 Å². The highest BCUT2D eigenvalue weighted by Crippen LogP contribution is 2.31. The Kier molecular flexibility index (Phi) is 5.06. The molecule has 2 aromatic rings. The molecule has 5 nitrogen and oxygen atoms in total. The van der Waals surface area contributed by atoms with E-state index in [2.05, 4.69) is 0 Å². The number of nitrogens with zero attached hydrogens (tertiary/aromatic N) is 1. The Balaban J connectivity index is 1.68. The van der Waals surface area contributed by atoms with Crippen molar-refractivity contribution in [2.75, 3.05) is 19.7 Å². The summed E-state index contributed by atoms with van der Waals surface area (Å²) in [6, 6.07) is 16.6. The van der Waals surface area contributed by atoms with E-state index in [0.29, 0.717) is 24.7 Å². The van der Waals surface area contributed by atoms with Crippen molar-refractivity contribution in [1.29, 1.82) is 0 Å². The van der Waals surface area contributed by atoms with Crippen molar-refractivity contribution in [3.63, 3.8) is 0 Å². The van der Waals surface area contributed by atoms with Crippen LogP contribution in [0.5, 0.6) is 11.5 Å². The summed E-state index contributed by atoms with van der Waals surface area (Å²) < 4.78 is 38.4. The lowest BCUT2D eigenvalue weighted by molar-refractivity contribution is 0.0771. The standard InChI is InChI=1S/C18H21NO4S/c1-2-19(24(20,21)14-15-8-4-3-5-9-15)12-16-13-22-17-10-6-7-11-18(17)23-16/h3-11,16H,2,12-14H2,1H3/t16-/m0/s1. The summed E-state index contributed by atoms with van der Waals surface area (Å²) >= 11 is 0. The van der Waals surface area contributed by atoms with Gasteiger partial charge in [-0.1, -0.05) is 49.4 Å². The highest BCUT2D eigenvalue weighted by molar-refractivity contribution is 7.88. The summed E-state index contributed by atoms with van der Waals surface area (Å²) in [5, 5.41) is 0. The molecule has 1 aliphatic heterocycles. The average Bonchev–Trinajstić information content (AvgIpc) is 2.60. The van der Waals surface area contributed by atoms with Gasteiger partial charge in [0.25, 0.3) is 0 Å². The molecular formula is C18H21NO4S. The van der Waals surface area contributed by atoms with Crippen LogP contribution in [0.3, 0.4) is 0 Å². The lowest BCUT2D eigenvalue weighted by Crippen LogP contribution is -2.43. The van der Waals surface area contributed by atoms with Crippen molar-refractivity contribution in [2.24, 2.45) is 0 Å². The molecule has 0 N–H and O–H groups in total. The van der Waals surface area contributed by atoms with Crippen molar-refractivity contribution >= 4 is 10.0 Å². The Labute approximate surface area is 142 Å². The van der Waals surface area contributed by atoms with Crippen LogP contribution in [0.2, 0.25) is 0 Å². The van der Waals surface area contributed by atoms with E-state index in [1.54, 1.807) is 0 Å². The van der Waals surface area contributed by atoms with E-state index in [9.17, 15) is 8.42 Å². The number of ether oxygens (including phenoxy) is 2. The van der Waals surface area contributed by atoms with Gasteiger partial charge in [-0.3, -0.25) is 0 Å². The fourth-order valence-electron chi connectivity index (χ4n) is 2.70. The van der Waals surface area contributed by atoms with Gasteiger partial charge in [0.15, 0.2) is 11.5 Å². The highest BCUT2D eigenvalue weighted by Gasteiger charge is 2.28. The lowest BCUT2D eigenvalue weighted by atomic mass is 10.2. The van der Waals surface area contributed by atoms with Crippen LogP contribution in [0.25, 0.3) is 0 Å². The van der Waals surface area contributed by atoms with Crippen LogP contribution in [0.15, 0.2) is 54.6 Å². The molecule has 0 fully saturated rings. The fourth-order valence-corrected chi connectivity index (χ4v) is 4.28. The van der Waals surface area contributed by atoms with Crippen LogP contribution in [-0.2, 0) is 15.8 Å². The van der Waals surface area contributed by atoms with Gasteiger partial charge in [0.1, 0.15) is 12.7 Å². The van der Waals surface area contributed by atoms with E-state index in [1.165, 1.54) is 4.31 Å². The molecule has 6 heteroatoms. The van der Waals surface area contributed by atoms with Crippen LogP contribution >= 0.6 is 0 Å². The Morgan fingerprint density at radius 3 is 2.42 bits per heavy atom. The normalized spacial score (nSPS) is 17.0. The molecule has 0 aliphatic carbocycles. The minimum absolute atomic E-state index is 0.00809. The summed E-state index contributed by atoms with van der Waals surface area (Å²) in [4.78, 5) is 0. The van der Waals surface area contributed by atoms with Gasteiger partial charge in [0.2, 0.25) is 10.0 Å². The van der Waals surface area contributed by atoms with Gasteiger partial charge < -0.3 is 9.47 Å². The summed E-state index contributed by atoms with van der Waals surface area (Å²) in [6.45, 7) is 2.85. The highest BCUT2D eigenvalue weighted by atomic mass is 32.2. The zero-order chi connectivity index (χ0) is 17.0. The maximum absolute atomic E-state index is 12.7. The zero-order valence-electron chi connectivity index (χ0n) is 13.6. The number of rotatable bonds is 6. The third kappa shape index (κ3) is 3.88. The monoisotopic (exact) mass is 347 g/mol. The first kappa shape index (κ1) is 16.8. The van der Waals surface area contributed by atoms with Gasteiger partial charge in [0, 0.05) is 6.54 Å². The molecule has 0 spiro atoms. The Hall–Kier alpha value is -2.05. The SMILES string of the molecule is CCN(C[C@H]1COc2ccccc2O1)S(=O)(=O)Cc1ccccc1. The second-order valence-corrected chi connectivity index (χ2v) is 7.66. The number of fused-ring (bicyclic) bond motifs is 1. The molecule has 0 amide bonds. The Bertz CT molecular complexity index is 777. The summed E-state index contributed by atoms with van der Waals surface area (Å²) in [6.07, 6.45) is -0.314. The van der Waals surface area contributed by atoms with Crippen molar-refractivity contribution in [3.8, 4) is 11.5 Å². The molecule has 2 aromatic carbocycles. The van der Waals surface area contributed by atoms with Crippen molar-refractivity contribution in [2.45, 2.75) is 18.8 Å². The number of likely N-dealkylation sites (N-methyl/N-ethyl adjacent to an activating group) is 1. The van der Waals surface area contributed by atoms with Crippen LogP contribution in [0.1, 0.15) is 12.5 Å². The first-order valence-electron chi connectivity index (χ1n) is 7.98. The van der Waals surface area contributed by atoms with Gasteiger partial charge in [-0.05, 0) is 17.7 Å². The minimum atomic E-state index is -3.40. The van der Waals surface area contributed by atoms with Crippen molar-refractivity contribution in [3.05, 3.63) is 60.2 Å². The Morgan fingerprint density at radius 1 is 1.04 bits per heavy atom. The summed E-state index contributed by atoms with van der Waals surface area (Å²) in [5.41, 5.74) is 0.780. The predicted octanol–water partition coefficient (Wildman–Crippen LogP) is 2.68. The molecule has 0 aromatic heterocycles. The summed E-state index contributed by atoms with van der Waals surface area (Å²) in [7, 11) is -3.40. The molecule has 1 heterocycles. The second-order valence-electron chi connectivity index (χ2n) is 5.69. The molecular weight excluding hydrogens is 326 g/mol. The van der Waals surface area contributed by atoms with Gasteiger partial charge >= 0.3 is 0 Å². The molecule has 0 saturated heterocycles. The van der Waals surface area contributed by atoms with E-state index in [1.807, 2.05) is 61.5 Å². The largest absolute Gasteiger partial charge is 0.486 e. The zero-order valence-corrected chi connectivity index (χ0v) is 14.4. The first-order valence-corrected chi connectivity index (χ1v) is 9.59. The second kappa shape index (κ2) is 7.23. The summed E-state index contributed by atoms with van der Waals surface area (Å²) in [5.74, 6) is 1.35. The number of sulfonamides is 1. The quantitative estimate of drug-likeness (QED) is 0.806. The molecule has 0 bridgehead atoms. The number of para-hydroxylation sites is 2. The minimum Gasteiger partial charge on any atom is -0.486 e. The fraction of sp³-hybridized carbons (Fsp3) is 0.333. The smallest absolute Gasteiger partial charge is 0.218 e. The molecule has 24 heavy (non-hydrogen) atoms. The van der Waals surface area contributed by atoms with Crippen LogP contribution < -0.4 is 9.47 Å². The Morgan fingerprint density at radius 2 is 1.71 bits per heavy atom. The molecule has 0 radical (unpaired) electrons. The third-order valence-corrected chi connectivity index (χ3v) is 5.80. The number of benzene rings is 2. The predicted molar refractivity (Wildman–Crippen MR) is 92.7 cm³/mol. The molecule has 0 saturated carbocycles. The maximum Gasteiger partial charge on any atom is 0.218 e. The lowest BCUT2D eigenvalue weighted by Gasteiger charge is -2.30. The van der Waals surface area contributed by atoms with E-state index in [-0.39, 0.29) is 18.4 Å². The van der Waals surface area contributed by atoms with E-state index in [4.69, 9.17) is 9.47 Å². The van der Waals surface area contributed by atoms with E-state index >= 15 is 0 Å². The molecule has 128 valence electrons. The number of hydrogen-bond acceptors (Lipinski definition) is 4. The third-order valence-electron chi connectivity index (χ3n) is 3.91. The first-order chi connectivity index (χ1) is 11.6. The topological polar surface area (TPSA) is 55.8 Å². The van der Waals surface area contributed by atoms with Crippen molar-refractivity contribution in [1.82, 2.24) is 4.31 Å². The molecule has 0 unspecified atom stereocenters. The van der Waals surface area contributed by atoms with Crippen LogP contribution in [0.4, 0.5) is 0 Å². The maximum atomic E-state index is 12.7. The van der Waals surface area contributed by atoms with Crippen molar-refractivity contribution < 1.29 is 17.9 Å². The van der Waals surface area contributed by atoms with Gasteiger partial charge in [0.05, 0.1) is 12.3 Å². The van der Waals surface area contributed by atoms with Crippen LogP contribution in [-0.4, -0.2) is 38.5 Å². The average molecular weight is 347 g/mol.